The molecule has 1 unspecified atom stereocenters. The van der Waals surface area contributed by atoms with Gasteiger partial charge in [0.05, 0.1) is 7.11 Å². The maximum Gasteiger partial charge on any atom is 0.328 e. The highest BCUT2D eigenvalue weighted by Crippen LogP contribution is 2.26. The van der Waals surface area contributed by atoms with Crippen LogP contribution in [0, 0.1) is 5.92 Å². The quantitative estimate of drug-likeness (QED) is 0.737. The van der Waals surface area contributed by atoms with E-state index in [1.54, 1.807) is 13.2 Å². The van der Waals surface area contributed by atoms with Crippen molar-refractivity contribution in [1.29, 1.82) is 0 Å². The number of methoxy groups -OCH3 is 1. The first-order chi connectivity index (χ1) is 8.63. The van der Waals surface area contributed by atoms with E-state index in [1.807, 2.05) is 18.2 Å². The topological polar surface area (TPSA) is 59.5 Å². The number of carbonyl (C=O) groups is 2. The van der Waals surface area contributed by atoms with Gasteiger partial charge in [0.15, 0.2) is 0 Å². The first-order valence-corrected chi connectivity index (χ1v) is 5.88. The molecule has 0 saturated carbocycles. The molecule has 96 valence electrons. The van der Waals surface area contributed by atoms with Crippen LogP contribution < -0.4 is 0 Å². The third kappa shape index (κ3) is 2.34. The van der Waals surface area contributed by atoms with Crippen LogP contribution >= 0.6 is 0 Å². The Bertz CT molecular complexity index is 447. The minimum absolute atomic E-state index is 0.0175. The summed E-state index contributed by atoms with van der Waals surface area (Å²) in [5.74, 6) is -0.556. The molecule has 2 heterocycles. The van der Waals surface area contributed by atoms with Crippen LogP contribution in [0.25, 0.3) is 0 Å². The van der Waals surface area contributed by atoms with Crippen molar-refractivity contribution in [2.24, 2.45) is 5.92 Å². The number of hydrogen-bond donors (Lipinski definition) is 0. The molecular weight excluding hydrogens is 232 g/mol. The number of likely N-dealkylation sites (N-methyl/N-ethyl adjacent to an activating group) is 1. The van der Waals surface area contributed by atoms with Gasteiger partial charge in [-0.2, -0.15) is 0 Å². The van der Waals surface area contributed by atoms with E-state index in [-0.39, 0.29) is 17.8 Å². The summed E-state index contributed by atoms with van der Waals surface area (Å²) >= 11 is 0. The van der Waals surface area contributed by atoms with E-state index < -0.39 is 6.04 Å². The molecule has 0 spiro atoms. The lowest BCUT2D eigenvalue weighted by Crippen LogP contribution is -2.36. The first kappa shape index (κ1) is 12.5. The van der Waals surface area contributed by atoms with Crippen molar-refractivity contribution in [3.05, 3.63) is 30.1 Å². The highest BCUT2D eigenvalue weighted by molar-refractivity contribution is 5.89. The highest BCUT2D eigenvalue weighted by Gasteiger charge is 2.41. The Kier molecular flexibility index (Phi) is 3.60. The van der Waals surface area contributed by atoms with Crippen molar-refractivity contribution < 1.29 is 14.3 Å². The molecular formula is C13H16N2O3. The van der Waals surface area contributed by atoms with Crippen molar-refractivity contribution in [1.82, 2.24) is 9.88 Å². The molecule has 1 amide bonds. The average Bonchev–Trinajstić information content (AvgIpc) is 2.67. The molecule has 2 atom stereocenters. The van der Waals surface area contributed by atoms with Crippen LogP contribution in [-0.2, 0) is 20.7 Å². The number of hydrogen-bond acceptors (Lipinski definition) is 4. The largest absolute Gasteiger partial charge is 0.467 e. The lowest BCUT2D eigenvalue weighted by molar-refractivity contribution is -0.148. The van der Waals surface area contributed by atoms with Gasteiger partial charge in [-0.25, -0.2) is 4.79 Å². The van der Waals surface area contributed by atoms with Crippen molar-refractivity contribution in [2.45, 2.75) is 18.9 Å². The number of rotatable bonds is 3. The number of ether oxygens (including phenoxy) is 1. The van der Waals surface area contributed by atoms with Gasteiger partial charge in [-0.3, -0.25) is 9.78 Å². The second kappa shape index (κ2) is 5.16. The van der Waals surface area contributed by atoms with E-state index in [0.29, 0.717) is 12.8 Å². The molecule has 0 aliphatic carbocycles. The van der Waals surface area contributed by atoms with Crippen molar-refractivity contribution in [3.8, 4) is 0 Å². The van der Waals surface area contributed by atoms with Crippen molar-refractivity contribution in [3.63, 3.8) is 0 Å². The Morgan fingerprint density at radius 3 is 2.94 bits per heavy atom. The summed E-state index contributed by atoms with van der Waals surface area (Å²) in [6.45, 7) is 0. The fourth-order valence-electron chi connectivity index (χ4n) is 2.30. The summed E-state index contributed by atoms with van der Waals surface area (Å²) in [5.41, 5.74) is 0.870. The average molecular weight is 248 g/mol. The Balaban J connectivity index is 2.07. The number of aromatic nitrogens is 1. The highest BCUT2D eigenvalue weighted by atomic mass is 16.5. The van der Waals surface area contributed by atoms with Crippen LogP contribution in [-0.4, -0.2) is 42.0 Å². The Morgan fingerprint density at radius 1 is 1.56 bits per heavy atom. The molecule has 1 aromatic rings. The van der Waals surface area contributed by atoms with Crippen molar-refractivity contribution in [2.75, 3.05) is 14.2 Å². The zero-order valence-electron chi connectivity index (χ0n) is 10.5. The van der Waals surface area contributed by atoms with Gasteiger partial charge < -0.3 is 9.64 Å². The lowest BCUT2D eigenvalue weighted by atomic mass is 9.99. The SMILES string of the molecule is COC(=O)[C@@H]1CC(Cc2ccccn2)C(=O)N1C. The number of esters is 1. The molecule has 2 rings (SSSR count). The second-order valence-corrected chi connectivity index (χ2v) is 4.45. The van der Waals surface area contributed by atoms with Crippen LogP contribution in [0.1, 0.15) is 12.1 Å². The van der Waals surface area contributed by atoms with E-state index in [0.717, 1.165) is 5.69 Å². The zero-order chi connectivity index (χ0) is 13.1. The lowest BCUT2D eigenvalue weighted by Gasteiger charge is -2.16. The van der Waals surface area contributed by atoms with Crippen LogP contribution in [0.3, 0.4) is 0 Å². The summed E-state index contributed by atoms with van der Waals surface area (Å²) in [4.78, 5) is 29.2. The summed E-state index contributed by atoms with van der Waals surface area (Å²) in [5, 5.41) is 0. The first-order valence-electron chi connectivity index (χ1n) is 5.88. The maximum atomic E-state index is 12.0. The van der Waals surface area contributed by atoms with E-state index in [1.165, 1.54) is 12.0 Å². The fourth-order valence-corrected chi connectivity index (χ4v) is 2.30. The van der Waals surface area contributed by atoms with Gasteiger partial charge in [0.2, 0.25) is 5.91 Å². The summed E-state index contributed by atoms with van der Waals surface area (Å²) < 4.78 is 4.70. The molecule has 1 fully saturated rings. The van der Waals surface area contributed by atoms with Crippen LogP contribution in [0.5, 0.6) is 0 Å². The minimum Gasteiger partial charge on any atom is -0.467 e. The monoisotopic (exact) mass is 248 g/mol. The van der Waals surface area contributed by atoms with E-state index in [9.17, 15) is 9.59 Å². The van der Waals surface area contributed by atoms with Gasteiger partial charge in [-0.1, -0.05) is 6.07 Å². The standard InChI is InChI=1S/C13H16N2O3/c1-15-11(13(17)18-2)8-9(12(15)16)7-10-5-3-4-6-14-10/h3-6,9,11H,7-8H2,1-2H3/t9?,11-/m0/s1. The molecule has 1 aliphatic rings. The Hall–Kier alpha value is -1.91. The Labute approximate surface area is 106 Å². The fraction of sp³-hybridized carbons (Fsp3) is 0.462. The molecule has 1 saturated heterocycles. The van der Waals surface area contributed by atoms with Crippen LogP contribution in [0.2, 0.25) is 0 Å². The smallest absolute Gasteiger partial charge is 0.328 e. The van der Waals surface area contributed by atoms with E-state index in [4.69, 9.17) is 4.74 Å². The van der Waals surface area contributed by atoms with Gasteiger partial charge in [0.25, 0.3) is 0 Å². The van der Waals surface area contributed by atoms with Gasteiger partial charge in [-0.05, 0) is 18.6 Å². The molecule has 1 aromatic heterocycles. The Morgan fingerprint density at radius 2 is 2.33 bits per heavy atom. The number of nitrogens with zero attached hydrogens (tertiary/aromatic N) is 2. The zero-order valence-corrected chi connectivity index (χ0v) is 10.5. The molecule has 0 aromatic carbocycles. The molecule has 0 radical (unpaired) electrons. The summed E-state index contributed by atoms with van der Waals surface area (Å²) in [6, 6.07) is 5.15. The normalized spacial score (nSPS) is 23.2. The third-order valence-corrected chi connectivity index (χ3v) is 3.33. The molecule has 0 N–H and O–H groups in total. The summed E-state index contributed by atoms with van der Waals surface area (Å²) in [6.07, 6.45) is 2.77. The van der Waals surface area contributed by atoms with Crippen molar-refractivity contribution >= 4 is 11.9 Å². The molecule has 1 aliphatic heterocycles. The van der Waals surface area contributed by atoms with E-state index in [2.05, 4.69) is 4.98 Å². The third-order valence-electron chi connectivity index (χ3n) is 3.33. The van der Waals surface area contributed by atoms with Gasteiger partial charge in [0.1, 0.15) is 6.04 Å². The maximum absolute atomic E-state index is 12.0. The number of amides is 1. The predicted octanol–water partition coefficient (Wildman–Crippen LogP) is 0.644. The van der Waals surface area contributed by atoms with E-state index >= 15 is 0 Å². The molecule has 5 heteroatoms. The summed E-state index contributed by atoms with van der Waals surface area (Å²) in [7, 11) is 2.98. The van der Waals surface area contributed by atoms with Gasteiger partial charge >= 0.3 is 5.97 Å². The number of carbonyl (C=O) groups excluding carboxylic acids is 2. The minimum atomic E-state index is -0.462. The second-order valence-electron chi connectivity index (χ2n) is 4.45. The molecule has 18 heavy (non-hydrogen) atoms. The molecule has 0 bridgehead atoms. The predicted molar refractivity (Wildman–Crippen MR) is 64.6 cm³/mol. The number of likely N-dealkylation sites (tertiary alicyclic amines) is 1. The van der Waals surface area contributed by atoms with Gasteiger partial charge in [-0.15, -0.1) is 0 Å². The molecule has 5 nitrogen and oxygen atoms in total. The number of pyridine rings is 1. The van der Waals surface area contributed by atoms with Crippen LogP contribution in [0.15, 0.2) is 24.4 Å². The van der Waals surface area contributed by atoms with Crippen LogP contribution in [0.4, 0.5) is 0 Å². The van der Waals surface area contributed by atoms with Gasteiger partial charge in [0, 0.05) is 31.3 Å².